The number of benzene rings is 3. The van der Waals surface area contributed by atoms with Gasteiger partial charge in [-0.2, -0.15) is 4.98 Å². The van der Waals surface area contributed by atoms with E-state index in [2.05, 4.69) is 107 Å². The quantitative estimate of drug-likeness (QED) is 0.353. The van der Waals surface area contributed by atoms with Gasteiger partial charge in [0, 0.05) is 18.3 Å². The zero-order valence-corrected chi connectivity index (χ0v) is 21.3. The van der Waals surface area contributed by atoms with Crippen LogP contribution in [-0.4, -0.2) is 41.0 Å². The molecule has 1 aromatic heterocycles. The van der Waals surface area contributed by atoms with Gasteiger partial charge in [-0.3, -0.25) is 4.90 Å². The molecule has 4 aromatic rings. The number of nitrogens with one attached hydrogen (secondary N) is 1. The van der Waals surface area contributed by atoms with Gasteiger partial charge in [-0.1, -0.05) is 78.9 Å². The summed E-state index contributed by atoms with van der Waals surface area (Å²) in [5.74, 6) is 1.22. The topological polar surface area (TPSA) is 57.2 Å². The van der Waals surface area contributed by atoms with Crippen LogP contribution < -0.4 is 10.2 Å². The first-order valence-electron chi connectivity index (χ1n) is 12.6. The van der Waals surface area contributed by atoms with Gasteiger partial charge in [-0.15, -0.1) is 0 Å². The molecule has 1 aliphatic rings. The summed E-state index contributed by atoms with van der Waals surface area (Å²) in [6, 6.07) is 31.8. The predicted octanol–water partition coefficient (Wildman–Crippen LogP) is 5.98. The van der Waals surface area contributed by atoms with E-state index < -0.39 is 0 Å². The summed E-state index contributed by atoms with van der Waals surface area (Å²) in [4.78, 5) is 18.5. The van der Waals surface area contributed by atoms with Gasteiger partial charge >= 0.3 is 0 Å². The molecule has 0 amide bonds. The van der Waals surface area contributed by atoms with Crippen LogP contribution in [0.15, 0.2) is 97.3 Å². The van der Waals surface area contributed by atoms with Crippen LogP contribution in [0.25, 0.3) is 0 Å². The first-order valence-corrected chi connectivity index (χ1v) is 12.6. The maximum Gasteiger partial charge on any atom is 0.231 e. The molecule has 184 valence electrons. The molecular formula is C30H34N6. The summed E-state index contributed by atoms with van der Waals surface area (Å²) in [5, 5.41) is 3.31. The molecule has 0 aliphatic heterocycles. The molecule has 6 heteroatoms. The number of rotatable bonds is 7. The Balaban J connectivity index is 1.49. The fraction of sp³-hybridized carbons (Fsp3) is 0.300. The number of hydrogen-bond acceptors (Lipinski definition) is 6. The Bertz CT molecular complexity index is 1250. The molecule has 0 saturated heterocycles. The van der Waals surface area contributed by atoms with Crippen molar-refractivity contribution in [2.24, 2.45) is 0 Å². The van der Waals surface area contributed by atoms with E-state index in [1.54, 1.807) is 6.33 Å². The van der Waals surface area contributed by atoms with Gasteiger partial charge in [-0.25, -0.2) is 9.97 Å². The van der Waals surface area contributed by atoms with E-state index in [1.807, 2.05) is 30.3 Å². The average molecular weight is 479 g/mol. The Labute approximate surface area is 214 Å². The third-order valence-electron chi connectivity index (χ3n) is 7.91. The molecular weight excluding hydrogens is 444 g/mol. The molecule has 3 aromatic carbocycles. The van der Waals surface area contributed by atoms with Crippen LogP contribution in [-0.2, 0) is 11.1 Å². The minimum Gasteiger partial charge on any atom is -0.334 e. The van der Waals surface area contributed by atoms with Crippen molar-refractivity contribution in [2.75, 3.05) is 31.4 Å². The van der Waals surface area contributed by atoms with Gasteiger partial charge in [0.25, 0.3) is 0 Å². The molecule has 1 saturated carbocycles. The Morgan fingerprint density at radius 3 is 1.69 bits per heavy atom. The van der Waals surface area contributed by atoms with Crippen molar-refractivity contribution in [1.29, 1.82) is 0 Å². The van der Waals surface area contributed by atoms with E-state index in [0.717, 1.165) is 31.4 Å². The van der Waals surface area contributed by atoms with Gasteiger partial charge in [0.15, 0.2) is 0 Å². The Kier molecular flexibility index (Phi) is 6.70. The lowest BCUT2D eigenvalue weighted by Crippen LogP contribution is -2.54. The van der Waals surface area contributed by atoms with Crippen molar-refractivity contribution >= 4 is 17.6 Å². The molecule has 1 aliphatic carbocycles. The molecule has 1 heterocycles. The maximum absolute atomic E-state index is 4.83. The largest absolute Gasteiger partial charge is 0.334 e. The SMILES string of the molecule is CN(C)C1(c2ccccc2)CCC(c2ccccc2)(N(C)c2ncnc(Nc3ccccc3)n2)CC1. The van der Waals surface area contributed by atoms with E-state index in [4.69, 9.17) is 4.98 Å². The number of para-hydroxylation sites is 1. The third-order valence-corrected chi connectivity index (χ3v) is 7.91. The minimum atomic E-state index is -0.221. The Morgan fingerprint density at radius 1 is 0.639 bits per heavy atom. The van der Waals surface area contributed by atoms with Crippen LogP contribution in [0, 0.1) is 0 Å². The van der Waals surface area contributed by atoms with Crippen molar-refractivity contribution in [3.05, 3.63) is 108 Å². The summed E-state index contributed by atoms with van der Waals surface area (Å²) < 4.78 is 0. The molecule has 0 radical (unpaired) electrons. The Hall–Kier alpha value is -3.77. The van der Waals surface area contributed by atoms with Crippen LogP contribution in [0.1, 0.15) is 36.8 Å². The van der Waals surface area contributed by atoms with Crippen LogP contribution in [0.4, 0.5) is 17.6 Å². The molecule has 0 bridgehead atoms. The summed E-state index contributed by atoms with van der Waals surface area (Å²) >= 11 is 0. The smallest absolute Gasteiger partial charge is 0.231 e. The maximum atomic E-state index is 4.83. The first kappa shape index (κ1) is 23.9. The number of anilines is 3. The lowest BCUT2D eigenvalue weighted by molar-refractivity contribution is 0.0642. The minimum absolute atomic E-state index is 0.000490. The molecule has 6 nitrogen and oxygen atoms in total. The van der Waals surface area contributed by atoms with Gasteiger partial charge < -0.3 is 10.2 Å². The summed E-state index contributed by atoms with van der Waals surface area (Å²) in [7, 11) is 6.54. The van der Waals surface area contributed by atoms with Crippen LogP contribution >= 0.6 is 0 Å². The standard InChI is InChI=1S/C30H34N6/c1-35(2)29(24-13-7-4-8-14-24)19-21-30(22-20-29,25-15-9-5-10-16-25)36(3)28-32-23-31-27(34-28)33-26-17-11-6-12-18-26/h4-18,23H,19-22H2,1-3H3,(H,31,32,33,34). The van der Waals surface area contributed by atoms with E-state index in [1.165, 1.54) is 11.1 Å². The zero-order chi connectivity index (χ0) is 25.0. The van der Waals surface area contributed by atoms with E-state index in [0.29, 0.717) is 11.9 Å². The predicted molar refractivity (Wildman–Crippen MR) is 146 cm³/mol. The van der Waals surface area contributed by atoms with Crippen LogP contribution in [0.5, 0.6) is 0 Å². The number of hydrogen-bond donors (Lipinski definition) is 1. The van der Waals surface area contributed by atoms with Crippen molar-refractivity contribution < 1.29 is 0 Å². The van der Waals surface area contributed by atoms with Gasteiger partial charge in [0.05, 0.1) is 5.54 Å². The van der Waals surface area contributed by atoms with E-state index in [9.17, 15) is 0 Å². The average Bonchev–Trinajstić information content (AvgIpc) is 2.94. The second-order valence-electron chi connectivity index (χ2n) is 9.85. The van der Waals surface area contributed by atoms with E-state index >= 15 is 0 Å². The van der Waals surface area contributed by atoms with Gasteiger partial charge in [0.1, 0.15) is 6.33 Å². The number of aromatic nitrogens is 3. The highest BCUT2D eigenvalue weighted by Gasteiger charge is 2.48. The highest BCUT2D eigenvalue weighted by molar-refractivity contribution is 5.54. The summed E-state index contributed by atoms with van der Waals surface area (Å²) in [6.45, 7) is 0. The molecule has 0 spiro atoms. The summed E-state index contributed by atoms with van der Waals surface area (Å²) in [5.41, 5.74) is 3.41. The molecule has 1 N–H and O–H groups in total. The molecule has 1 fully saturated rings. The second kappa shape index (κ2) is 10.1. The highest BCUT2D eigenvalue weighted by atomic mass is 15.3. The molecule has 5 rings (SSSR count). The Morgan fingerprint density at radius 2 is 1.14 bits per heavy atom. The first-order chi connectivity index (χ1) is 17.5. The van der Waals surface area contributed by atoms with Crippen molar-refractivity contribution in [3.8, 4) is 0 Å². The van der Waals surface area contributed by atoms with E-state index in [-0.39, 0.29) is 11.1 Å². The van der Waals surface area contributed by atoms with Crippen molar-refractivity contribution in [3.63, 3.8) is 0 Å². The van der Waals surface area contributed by atoms with Gasteiger partial charge in [-0.05, 0) is 63.0 Å². The lowest BCUT2D eigenvalue weighted by Gasteiger charge is -2.53. The van der Waals surface area contributed by atoms with Gasteiger partial charge in [0.2, 0.25) is 11.9 Å². The summed E-state index contributed by atoms with van der Waals surface area (Å²) in [6.07, 6.45) is 5.62. The fourth-order valence-corrected chi connectivity index (χ4v) is 5.74. The fourth-order valence-electron chi connectivity index (χ4n) is 5.74. The monoisotopic (exact) mass is 478 g/mol. The normalized spacial score (nSPS) is 21.8. The lowest BCUT2D eigenvalue weighted by atomic mass is 9.66. The van der Waals surface area contributed by atoms with Crippen LogP contribution in [0.3, 0.4) is 0 Å². The molecule has 0 atom stereocenters. The molecule has 0 unspecified atom stereocenters. The zero-order valence-electron chi connectivity index (χ0n) is 21.3. The van der Waals surface area contributed by atoms with Crippen LogP contribution in [0.2, 0.25) is 0 Å². The second-order valence-corrected chi connectivity index (χ2v) is 9.85. The van der Waals surface area contributed by atoms with Crippen molar-refractivity contribution in [2.45, 2.75) is 36.8 Å². The third kappa shape index (κ3) is 4.44. The van der Waals surface area contributed by atoms with Crippen molar-refractivity contribution in [1.82, 2.24) is 19.9 Å². The number of nitrogens with zero attached hydrogens (tertiary/aromatic N) is 5. The molecule has 36 heavy (non-hydrogen) atoms. The highest BCUT2D eigenvalue weighted by Crippen LogP contribution is 2.51.